The van der Waals surface area contributed by atoms with Gasteiger partial charge in [-0.2, -0.15) is 0 Å². The van der Waals surface area contributed by atoms with Gasteiger partial charge < -0.3 is 5.32 Å². The number of benzene rings is 2. The summed E-state index contributed by atoms with van der Waals surface area (Å²) >= 11 is 0. The fourth-order valence-electron chi connectivity index (χ4n) is 1.83. The molecule has 4 nitrogen and oxygen atoms in total. The van der Waals surface area contributed by atoms with Gasteiger partial charge in [0.1, 0.15) is 11.6 Å². The molecule has 1 amide bonds. The van der Waals surface area contributed by atoms with E-state index in [0.29, 0.717) is 5.56 Å². The summed E-state index contributed by atoms with van der Waals surface area (Å²) in [6.07, 6.45) is 1.04. The topological polar surface area (TPSA) is 63.2 Å². The number of nitrogens with one attached hydrogen (secondary N) is 1. The number of sulfone groups is 1. The van der Waals surface area contributed by atoms with E-state index < -0.39 is 32.9 Å². The molecule has 116 valence electrons. The van der Waals surface area contributed by atoms with E-state index in [4.69, 9.17) is 0 Å². The Kier molecular flexibility index (Phi) is 4.27. The number of carbonyl (C=O) groups is 1. The predicted molar refractivity (Wildman–Crippen MR) is 78.6 cm³/mol. The molecule has 1 N–H and O–H groups in total. The molecule has 0 bridgehead atoms. The highest BCUT2D eigenvalue weighted by molar-refractivity contribution is 7.90. The van der Waals surface area contributed by atoms with Crippen LogP contribution in [0.4, 0.5) is 14.5 Å². The van der Waals surface area contributed by atoms with E-state index >= 15 is 0 Å². The highest BCUT2D eigenvalue weighted by Crippen LogP contribution is 2.21. The molecule has 0 radical (unpaired) electrons. The Balaban J connectivity index is 2.38. The second-order valence-corrected chi connectivity index (χ2v) is 6.84. The minimum absolute atomic E-state index is 0.0214. The van der Waals surface area contributed by atoms with E-state index in [1.54, 1.807) is 6.92 Å². The monoisotopic (exact) mass is 325 g/mol. The van der Waals surface area contributed by atoms with Crippen molar-refractivity contribution in [1.29, 1.82) is 0 Å². The molecule has 2 rings (SSSR count). The van der Waals surface area contributed by atoms with E-state index in [1.807, 2.05) is 0 Å². The van der Waals surface area contributed by atoms with Crippen LogP contribution in [0.1, 0.15) is 15.9 Å². The Bertz CT molecular complexity index is 848. The molecule has 0 saturated heterocycles. The van der Waals surface area contributed by atoms with Crippen molar-refractivity contribution in [2.45, 2.75) is 11.8 Å². The van der Waals surface area contributed by atoms with Crippen molar-refractivity contribution in [3.63, 3.8) is 0 Å². The van der Waals surface area contributed by atoms with Gasteiger partial charge in [0.25, 0.3) is 5.91 Å². The summed E-state index contributed by atoms with van der Waals surface area (Å²) < 4.78 is 49.7. The Morgan fingerprint density at radius 1 is 1.09 bits per heavy atom. The maximum absolute atomic E-state index is 13.6. The van der Waals surface area contributed by atoms with E-state index in [0.717, 1.165) is 24.5 Å². The van der Waals surface area contributed by atoms with Gasteiger partial charge in [0.2, 0.25) is 0 Å². The number of carbonyl (C=O) groups excluding carboxylic acids is 1. The Labute approximate surface area is 126 Å². The van der Waals surface area contributed by atoms with Gasteiger partial charge in [0, 0.05) is 11.9 Å². The van der Waals surface area contributed by atoms with Crippen LogP contribution in [0, 0.1) is 18.6 Å². The minimum Gasteiger partial charge on any atom is -0.322 e. The molecule has 0 heterocycles. The van der Waals surface area contributed by atoms with Gasteiger partial charge in [-0.15, -0.1) is 0 Å². The Morgan fingerprint density at radius 3 is 2.41 bits per heavy atom. The molecule has 0 saturated carbocycles. The highest BCUT2D eigenvalue weighted by Gasteiger charge is 2.15. The first-order chi connectivity index (χ1) is 10.2. The van der Waals surface area contributed by atoms with Gasteiger partial charge in [0.15, 0.2) is 9.84 Å². The molecule has 0 fully saturated rings. The van der Waals surface area contributed by atoms with Crippen LogP contribution in [-0.2, 0) is 9.84 Å². The quantitative estimate of drug-likeness (QED) is 0.944. The number of amides is 1. The number of halogens is 2. The fourth-order valence-corrected chi connectivity index (χ4v) is 2.47. The zero-order valence-electron chi connectivity index (χ0n) is 11.9. The standard InChI is InChI=1S/C15H13F2NO3S/c1-9-3-5-11(22(2,20)21)8-14(9)18-15(19)12-7-10(16)4-6-13(12)17/h3-8H,1-2H3,(H,18,19). The molecule has 0 unspecified atom stereocenters. The fraction of sp³-hybridized carbons (Fsp3) is 0.133. The lowest BCUT2D eigenvalue weighted by molar-refractivity contribution is 0.102. The summed E-state index contributed by atoms with van der Waals surface area (Å²) in [7, 11) is -3.44. The molecule has 0 aromatic heterocycles. The lowest BCUT2D eigenvalue weighted by Gasteiger charge is -2.10. The van der Waals surface area contributed by atoms with Crippen molar-refractivity contribution in [1.82, 2.24) is 0 Å². The largest absolute Gasteiger partial charge is 0.322 e. The summed E-state index contributed by atoms with van der Waals surface area (Å²) in [6.45, 7) is 1.66. The summed E-state index contributed by atoms with van der Waals surface area (Å²) in [6, 6.07) is 6.74. The van der Waals surface area contributed by atoms with Crippen LogP contribution in [0.15, 0.2) is 41.3 Å². The van der Waals surface area contributed by atoms with Crippen LogP contribution in [0.25, 0.3) is 0 Å². The first-order valence-electron chi connectivity index (χ1n) is 6.25. The Hall–Kier alpha value is -2.28. The molecule has 7 heteroatoms. The zero-order valence-corrected chi connectivity index (χ0v) is 12.7. The average Bonchev–Trinajstić information content (AvgIpc) is 2.42. The number of hydrogen-bond acceptors (Lipinski definition) is 3. The first-order valence-corrected chi connectivity index (χ1v) is 8.15. The van der Waals surface area contributed by atoms with Crippen molar-refractivity contribution >= 4 is 21.4 Å². The molecule has 2 aromatic carbocycles. The SMILES string of the molecule is Cc1ccc(S(C)(=O)=O)cc1NC(=O)c1cc(F)ccc1F. The van der Waals surface area contributed by atoms with Gasteiger partial charge in [0.05, 0.1) is 10.5 Å². The van der Waals surface area contributed by atoms with Crippen LogP contribution < -0.4 is 5.32 Å². The summed E-state index contributed by atoms with van der Waals surface area (Å²) in [5, 5.41) is 2.40. The van der Waals surface area contributed by atoms with E-state index in [-0.39, 0.29) is 10.6 Å². The first kappa shape index (κ1) is 16.1. The third-order valence-electron chi connectivity index (χ3n) is 3.06. The van der Waals surface area contributed by atoms with Gasteiger partial charge in [-0.1, -0.05) is 6.07 Å². The molecule has 22 heavy (non-hydrogen) atoms. The van der Waals surface area contributed by atoms with Crippen molar-refractivity contribution in [3.8, 4) is 0 Å². The third kappa shape index (κ3) is 3.48. The highest BCUT2D eigenvalue weighted by atomic mass is 32.2. The van der Waals surface area contributed by atoms with Crippen LogP contribution in [-0.4, -0.2) is 20.6 Å². The van der Waals surface area contributed by atoms with Crippen molar-refractivity contribution in [2.24, 2.45) is 0 Å². The lowest BCUT2D eigenvalue weighted by atomic mass is 10.1. The smallest absolute Gasteiger partial charge is 0.258 e. The number of rotatable bonds is 3. The van der Waals surface area contributed by atoms with Crippen molar-refractivity contribution < 1.29 is 22.0 Å². The number of hydrogen-bond donors (Lipinski definition) is 1. The van der Waals surface area contributed by atoms with E-state index in [2.05, 4.69) is 5.32 Å². The molecule has 0 aliphatic rings. The van der Waals surface area contributed by atoms with Crippen LogP contribution in [0.5, 0.6) is 0 Å². The normalized spacial score (nSPS) is 11.3. The minimum atomic E-state index is -3.44. The molecule has 0 atom stereocenters. The molecule has 0 aliphatic heterocycles. The second-order valence-electron chi connectivity index (χ2n) is 4.83. The average molecular weight is 325 g/mol. The number of aryl methyl sites for hydroxylation is 1. The Morgan fingerprint density at radius 2 is 1.77 bits per heavy atom. The van der Waals surface area contributed by atoms with Crippen molar-refractivity contribution in [3.05, 3.63) is 59.2 Å². The number of anilines is 1. The zero-order chi connectivity index (χ0) is 16.5. The maximum atomic E-state index is 13.6. The third-order valence-corrected chi connectivity index (χ3v) is 4.17. The van der Waals surface area contributed by atoms with Gasteiger partial charge in [-0.3, -0.25) is 4.79 Å². The summed E-state index contributed by atoms with van der Waals surface area (Å²) in [5.74, 6) is -2.46. The maximum Gasteiger partial charge on any atom is 0.258 e. The van der Waals surface area contributed by atoms with Crippen LogP contribution in [0.2, 0.25) is 0 Å². The summed E-state index contributed by atoms with van der Waals surface area (Å²) in [5.41, 5.74) is 0.360. The second kappa shape index (κ2) is 5.84. The predicted octanol–water partition coefficient (Wildman–Crippen LogP) is 2.93. The molecular weight excluding hydrogens is 312 g/mol. The van der Waals surface area contributed by atoms with E-state index in [9.17, 15) is 22.0 Å². The van der Waals surface area contributed by atoms with Gasteiger partial charge in [-0.25, -0.2) is 17.2 Å². The molecule has 0 aliphatic carbocycles. The van der Waals surface area contributed by atoms with Crippen LogP contribution in [0.3, 0.4) is 0 Å². The van der Waals surface area contributed by atoms with Gasteiger partial charge in [-0.05, 0) is 42.8 Å². The molecule has 2 aromatic rings. The van der Waals surface area contributed by atoms with Crippen molar-refractivity contribution in [2.75, 3.05) is 11.6 Å². The lowest BCUT2D eigenvalue weighted by Crippen LogP contribution is -2.15. The van der Waals surface area contributed by atoms with Gasteiger partial charge >= 0.3 is 0 Å². The van der Waals surface area contributed by atoms with Crippen LogP contribution >= 0.6 is 0 Å². The molecular formula is C15H13F2NO3S. The summed E-state index contributed by atoms with van der Waals surface area (Å²) in [4.78, 5) is 12.1. The van der Waals surface area contributed by atoms with E-state index in [1.165, 1.54) is 18.2 Å². The molecule has 0 spiro atoms.